The molecule has 0 bridgehead atoms. The molecule has 0 radical (unpaired) electrons. The lowest BCUT2D eigenvalue weighted by molar-refractivity contribution is -0.123. The smallest absolute Gasteiger partial charge is 0.293 e. The van der Waals surface area contributed by atoms with Gasteiger partial charge in [0.15, 0.2) is 6.61 Å². The van der Waals surface area contributed by atoms with Crippen LogP contribution in [0.5, 0.6) is 5.75 Å². The number of hydrogen-bond donors (Lipinski definition) is 1. The molecule has 1 aliphatic heterocycles. The van der Waals surface area contributed by atoms with Crippen LogP contribution in [0, 0.1) is 3.57 Å². The van der Waals surface area contributed by atoms with Gasteiger partial charge in [0.05, 0.1) is 15.9 Å². The van der Waals surface area contributed by atoms with Gasteiger partial charge in [-0.1, -0.05) is 36.4 Å². The highest BCUT2D eigenvalue weighted by Gasteiger charge is 2.35. The molecule has 0 saturated carbocycles. The number of nitrogens with zero attached hydrogens (tertiary/aromatic N) is 1. The Balaban J connectivity index is 1.38. The molecule has 0 unspecified atom stereocenters. The summed E-state index contributed by atoms with van der Waals surface area (Å²) < 4.78 is 7.33. The molecule has 9 heteroatoms. The number of ether oxygens (including phenoxy) is 1. The second-order valence-electron chi connectivity index (χ2n) is 7.29. The number of para-hydroxylation sites is 1. The molecular formula is C25H18BrIN2O4S. The molecule has 3 amide bonds. The Morgan fingerprint density at radius 3 is 2.50 bits per heavy atom. The molecule has 4 rings (SSSR count). The average molecular weight is 649 g/mol. The van der Waals surface area contributed by atoms with Gasteiger partial charge in [-0.2, -0.15) is 0 Å². The molecule has 0 aromatic heterocycles. The fraction of sp³-hybridized carbons (Fsp3) is 0.0800. The maximum absolute atomic E-state index is 12.8. The van der Waals surface area contributed by atoms with Crippen LogP contribution < -0.4 is 10.1 Å². The standard InChI is InChI=1S/C25H18BrIN2O4S/c26-20-12-17(8-11-21(20)33-15-23(30)28-19-4-2-1-3-5-19)13-22-24(31)29(25(32)34-22)14-16-6-9-18(27)10-7-16/h1-13H,14-15H2,(H,28,30)/b22-13-. The van der Waals surface area contributed by atoms with Gasteiger partial charge in [0, 0.05) is 9.26 Å². The van der Waals surface area contributed by atoms with Crippen molar-refractivity contribution in [2.75, 3.05) is 11.9 Å². The average Bonchev–Trinajstić information content (AvgIpc) is 3.08. The Morgan fingerprint density at radius 1 is 1.06 bits per heavy atom. The van der Waals surface area contributed by atoms with E-state index in [1.165, 1.54) is 4.90 Å². The van der Waals surface area contributed by atoms with Crippen LogP contribution in [-0.4, -0.2) is 28.6 Å². The summed E-state index contributed by atoms with van der Waals surface area (Å²) in [6.07, 6.45) is 1.68. The van der Waals surface area contributed by atoms with Crippen molar-refractivity contribution in [3.05, 3.63) is 96.9 Å². The highest BCUT2D eigenvalue weighted by molar-refractivity contribution is 14.1. The number of nitrogens with one attached hydrogen (secondary N) is 1. The van der Waals surface area contributed by atoms with Gasteiger partial charge in [0.2, 0.25) is 0 Å². The molecule has 1 heterocycles. The fourth-order valence-corrected chi connectivity index (χ4v) is 4.85. The number of hydrogen-bond acceptors (Lipinski definition) is 5. The van der Waals surface area contributed by atoms with Crippen molar-refractivity contribution in [1.82, 2.24) is 4.90 Å². The maximum atomic E-state index is 12.8. The molecule has 6 nitrogen and oxygen atoms in total. The van der Waals surface area contributed by atoms with E-state index in [-0.39, 0.29) is 30.2 Å². The summed E-state index contributed by atoms with van der Waals surface area (Å²) in [5.41, 5.74) is 2.32. The van der Waals surface area contributed by atoms with Crippen LogP contribution in [0.1, 0.15) is 11.1 Å². The van der Waals surface area contributed by atoms with Crippen molar-refractivity contribution < 1.29 is 19.1 Å². The van der Waals surface area contributed by atoms with E-state index in [2.05, 4.69) is 43.8 Å². The highest BCUT2D eigenvalue weighted by Crippen LogP contribution is 2.34. The van der Waals surface area contributed by atoms with Gasteiger partial charge in [-0.05, 0) is 104 Å². The Kier molecular flexibility index (Phi) is 8.07. The van der Waals surface area contributed by atoms with Gasteiger partial charge in [0.1, 0.15) is 5.75 Å². The summed E-state index contributed by atoms with van der Waals surface area (Å²) in [5.74, 6) is -0.0984. The third-order valence-electron chi connectivity index (χ3n) is 4.80. The third-order valence-corrected chi connectivity index (χ3v) is 7.04. The van der Waals surface area contributed by atoms with Crippen molar-refractivity contribution in [2.24, 2.45) is 0 Å². The van der Waals surface area contributed by atoms with Gasteiger partial charge in [-0.25, -0.2) is 0 Å². The molecule has 34 heavy (non-hydrogen) atoms. The first-order valence-electron chi connectivity index (χ1n) is 10.2. The fourth-order valence-electron chi connectivity index (χ4n) is 3.15. The number of benzene rings is 3. The Labute approximate surface area is 223 Å². The monoisotopic (exact) mass is 648 g/mol. The van der Waals surface area contributed by atoms with Gasteiger partial charge in [-0.3, -0.25) is 19.3 Å². The molecule has 0 spiro atoms. The topological polar surface area (TPSA) is 75.7 Å². The van der Waals surface area contributed by atoms with Crippen molar-refractivity contribution in [3.63, 3.8) is 0 Å². The van der Waals surface area contributed by atoms with Gasteiger partial charge < -0.3 is 10.1 Å². The lowest BCUT2D eigenvalue weighted by Gasteiger charge is -2.12. The first-order chi connectivity index (χ1) is 16.4. The van der Waals surface area contributed by atoms with Crippen LogP contribution in [0.4, 0.5) is 10.5 Å². The summed E-state index contributed by atoms with van der Waals surface area (Å²) in [5, 5.41) is 2.47. The molecule has 0 aliphatic carbocycles. The predicted molar refractivity (Wildman–Crippen MR) is 145 cm³/mol. The highest BCUT2D eigenvalue weighted by atomic mass is 127. The Hall–Kier alpha value is -2.63. The first kappa shape index (κ1) is 24.5. The molecule has 3 aromatic rings. The molecular weight excluding hydrogens is 631 g/mol. The number of halogens is 2. The predicted octanol–water partition coefficient (Wildman–Crippen LogP) is 6.31. The minimum absolute atomic E-state index is 0.149. The molecule has 172 valence electrons. The number of amides is 3. The minimum Gasteiger partial charge on any atom is -0.483 e. The van der Waals surface area contributed by atoms with Crippen molar-refractivity contribution >= 4 is 79.1 Å². The van der Waals surface area contributed by atoms with E-state index < -0.39 is 0 Å². The number of carbonyl (C=O) groups is 3. The lowest BCUT2D eigenvalue weighted by atomic mass is 10.2. The second kappa shape index (κ2) is 11.2. The summed E-state index contributed by atoms with van der Waals surface area (Å²) in [6, 6.07) is 22.1. The third kappa shape index (κ3) is 6.28. The normalized spacial score (nSPS) is 14.5. The summed E-state index contributed by atoms with van der Waals surface area (Å²) >= 11 is 6.58. The van der Waals surface area contributed by atoms with E-state index >= 15 is 0 Å². The zero-order valence-corrected chi connectivity index (χ0v) is 22.2. The zero-order chi connectivity index (χ0) is 24.1. The van der Waals surface area contributed by atoms with E-state index in [0.29, 0.717) is 20.8 Å². The summed E-state index contributed by atoms with van der Waals surface area (Å²) in [4.78, 5) is 38.9. The SMILES string of the molecule is O=C(COc1ccc(/C=C2\SC(=O)N(Cc3ccc(I)cc3)C2=O)cc1Br)Nc1ccccc1. The van der Waals surface area contributed by atoms with Crippen LogP contribution in [0.25, 0.3) is 6.08 Å². The van der Waals surface area contributed by atoms with Crippen molar-refractivity contribution in [3.8, 4) is 5.75 Å². The first-order valence-corrected chi connectivity index (χ1v) is 12.8. The van der Waals surface area contributed by atoms with Crippen molar-refractivity contribution in [1.29, 1.82) is 0 Å². The van der Waals surface area contributed by atoms with Gasteiger partial charge >= 0.3 is 0 Å². The van der Waals surface area contributed by atoms with Crippen LogP contribution >= 0.6 is 50.3 Å². The van der Waals surface area contributed by atoms with E-state index in [9.17, 15) is 14.4 Å². The van der Waals surface area contributed by atoms with Gasteiger partial charge in [-0.15, -0.1) is 0 Å². The largest absolute Gasteiger partial charge is 0.483 e. The molecule has 1 aliphatic rings. The lowest BCUT2D eigenvalue weighted by Crippen LogP contribution is -2.27. The van der Waals surface area contributed by atoms with Crippen LogP contribution in [-0.2, 0) is 16.1 Å². The molecule has 0 atom stereocenters. The molecule has 1 saturated heterocycles. The van der Waals surface area contributed by atoms with Gasteiger partial charge in [0.25, 0.3) is 17.1 Å². The van der Waals surface area contributed by atoms with Crippen LogP contribution in [0.2, 0.25) is 0 Å². The molecule has 1 fully saturated rings. The van der Waals surface area contributed by atoms with E-state index in [1.54, 1.807) is 36.4 Å². The number of imide groups is 1. The zero-order valence-electron chi connectivity index (χ0n) is 17.7. The van der Waals surface area contributed by atoms with E-state index in [1.807, 2.05) is 42.5 Å². The quantitative estimate of drug-likeness (QED) is 0.240. The van der Waals surface area contributed by atoms with Crippen LogP contribution in [0.15, 0.2) is 82.2 Å². The second-order valence-corrected chi connectivity index (χ2v) is 10.4. The minimum atomic E-state index is -0.317. The Bertz CT molecular complexity index is 1270. The van der Waals surface area contributed by atoms with Crippen molar-refractivity contribution in [2.45, 2.75) is 6.54 Å². The van der Waals surface area contributed by atoms with Crippen LogP contribution in [0.3, 0.4) is 0 Å². The number of anilines is 1. The summed E-state index contributed by atoms with van der Waals surface area (Å²) in [6.45, 7) is 0.0880. The van der Waals surface area contributed by atoms with E-state index in [0.717, 1.165) is 26.5 Å². The number of rotatable bonds is 7. The summed E-state index contributed by atoms with van der Waals surface area (Å²) in [7, 11) is 0. The van der Waals surface area contributed by atoms with E-state index in [4.69, 9.17) is 4.74 Å². The maximum Gasteiger partial charge on any atom is 0.293 e. The number of thioether (sulfide) groups is 1. The molecule has 1 N–H and O–H groups in total. The molecule has 3 aromatic carbocycles. The Morgan fingerprint density at radius 2 is 1.79 bits per heavy atom. The number of carbonyl (C=O) groups excluding carboxylic acids is 3.